The lowest BCUT2D eigenvalue weighted by molar-refractivity contribution is 0.259. The zero-order chi connectivity index (χ0) is 19.6. The third-order valence-corrected chi connectivity index (χ3v) is 5.61. The molecule has 1 aliphatic heterocycles. The van der Waals surface area contributed by atoms with E-state index in [9.17, 15) is 0 Å². The zero-order valence-corrected chi connectivity index (χ0v) is 17.5. The summed E-state index contributed by atoms with van der Waals surface area (Å²) in [7, 11) is 0. The molecule has 3 rings (SSSR count). The molecule has 5 nitrogen and oxygen atoms in total. The first-order valence-corrected chi connectivity index (χ1v) is 10.8. The second-order valence-corrected chi connectivity index (χ2v) is 7.73. The van der Waals surface area contributed by atoms with Gasteiger partial charge in [0.15, 0.2) is 5.96 Å². The first kappa shape index (κ1) is 20.4. The van der Waals surface area contributed by atoms with Crippen molar-refractivity contribution in [2.24, 2.45) is 10.9 Å². The number of likely N-dealkylation sites (tertiary alicyclic amines) is 1. The molecular weight excluding hydrogens is 346 g/mol. The summed E-state index contributed by atoms with van der Waals surface area (Å²) in [5.74, 6) is 2.98. The van der Waals surface area contributed by atoms with E-state index in [1.54, 1.807) is 0 Å². The molecule has 1 aromatic carbocycles. The van der Waals surface area contributed by atoms with Crippen LogP contribution < -0.4 is 5.32 Å². The number of hydrogen-bond donors (Lipinski definition) is 1. The highest BCUT2D eigenvalue weighted by atomic mass is 15.3. The number of rotatable bonds is 8. The molecular formula is C23H35N5. The van der Waals surface area contributed by atoms with Crippen LogP contribution in [0, 0.1) is 12.8 Å². The van der Waals surface area contributed by atoms with E-state index in [0.717, 1.165) is 63.3 Å². The van der Waals surface area contributed by atoms with Gasteiger partial charge in [-0.3, -0.25) is 4.99 Å². The Morgan fingerprint density at radius 2 is 1.96 bits per heavy atom. The molecule has 0 atom stereocenters. The molecule has 1 fully saturated rings. The lowest BCUT2D eigenvalue weighted by atomic mass is 9.90. The number of imidazole rings is 1. The maximum atomic E-state index is 4.89. The molecule has 0 amide bonds. The molecule has 0 bridgehead atoms. The Balaban J connectivity index is 1.42. The van der Waals surface area contributed by atoms with Crippen molar-refractivity contribution in [3.8, 4) is 0 Å². The molecule has 1 N–H and O–H groups in total. The van der Waals surface area contributed by atoms with E-state index < -0.39 is 0 Å². The van der Waals surface area contributed by atoms with Crippen LogP contribution in [0.3, 0.4) is 0 Å². The van der Waals surface area contributed by atoms with Gasteiger partial charge in [-0.15, -0.1) is 0 Å². The van der Waals surface area contributed by atoms with E-state index in [2.05, 4.69) is 70.1 Å². The van der Waals surface area contributed by atoms with Crippen LogP contribution in [0.25, 0.3) is 0 Å². The summed E-state index contributed by atoms with van der Waals surface area (Å²) in [6.45, 7) is 9.28. The van der Waals surface area contributed by atoms with Crippen molar-refractivity contribution in [1.82, 2.24) is 19.8 Å². The van der Waals surface area contributed by atoms with Crippen molar-refractivity contribution >= 4 is 5.96 Å². The van der Waals surface area contributed by atoms with Gasteiger partial charge in [0.25, 0.3) is 0 Å². The Morgan fingerprint density at radius 3 is 2.64 bits per heavy atom. The van der Waals surface area contributed by atoms with Crippen molar-refractivity contribution < 1.29 is 0 Å². The number of nitrogens with one attached hydrogen (secondary N) is 1. The van der Waals surface area contributed by atoms with E-state index in [1.807, 2.05) is 6.20 Å². The minimum absolute atomic E-state index is 0.792. The van der Waals surface area contributed by atoms with Gasteiger partial charge in [-0.2, -0.15) is 0 Å². The molecule has 2 aromatic rings. The van der Waals surface area contributed by atoms with Crippen molar-refractivity contribution in [3.63, 3.8) is 0 Å². The Hall–Kier alpha value is -2.30. The smallest absolute Gasteiger partial charge is 0.193 e. The maximum Gasteiger partial charge on any atom is 0.193 e. The molecule has 2 heterocycles. The van der Waals surface area contributed by atoms with Gasteiger partial charge >= 0.3 is 0 Å². The van der Waals surface area contributed by atoms with Crippen LogP contribution in [0.1, 0.15) is 44.0 Å². The Morgan fingerprint density at radius 1 is 1.18 bits per heavy atom. The molecule has 1 saturated heterocycles. The monoisotopic (exact) mass is 381 g/mol. The van der Waals surface area contributed by atoms with E-state index >= 15 is 0 Å². The van der Waals surface area contributed by atoms with Gasteiger partial charge in [0.2, 0.25) is 0 Å². The Kier molecular flexibility index (Phi) is 7.94. The largest absolute Gasteiger partial charge is 0.357 e. The van der Waals surface area contributed by atoms with Crippen molar-refractivity contribution in [3.05, 3.63) is 54.1 Å². The number of aromatic nitrogens is 2. The van der Waals surface area contributed by atoms with Crippen molar-refractivity contribution in [1.29, 1.82) is 0 Å². The molecule has 0 unspecified atom stereocenters. The summed E-state index contributed by atoms with van der Waals surface area (Å²) in [6, 6.07) is 10.9. The number of aliphatic imine (C=N–C) groups is 1. The number of guanidine groups is 1. The SMILES string of the molecule is CCNC(=NCCCCn1ccnc1C)N1CCC(Cc2ccccc2)CC1. The van der Waals surface area contributed by atoms with Crippen LogP contribution in [0.2, 0.25) is 0 Å². The average Bonchev–Trinajstić information content (AvgIpc) is 3.13. The summed E-state index contributed by atoms with van der Waals surface area (Å²) >= 11 is 0. The number of nitrogens with zero attached hydrogens (tertiary/aromatic N) is 4. The fourth-order valence-electron chi connectivity index (χ4n) is 3.94. The first-order valence-electron chi connectivity index (χ1n) is 10.8. The number of unbranched alkanes of at least 4 members (excludes halogenated alkanes) is 1. The zero-order valence-electron chi connectivity index (χ0n) is 17.5. The minimum Gasteiger partial charge on any atom is -0.357 e. The third kappa shape index (κ3) is 6.11. The molecule has 0 radical (unpaired) electrons. The number of aryl methyl sites for hydroxylation is 2. The molecule has 5 heteroatoms. The lowest BCUT2D eigenvalue weighted by Crippen LogP contribution is -2.46. The fourth-order valence-corrected chi connectivity index (χ4v) is 3.94. The highest BCUT2D eigenvalue weighted by molar-refractivity contribution is 5.80. The molecule has 28 heavy (non-hydrogen) atoms. The predicted molar refractivity (Wildman–Crippen MR) is 117 cm³/mol. The number of benzene rings is 1. The Bertz CT molecular complexity index is 714. The topological polar surface area (TPSA) is 45.5 Å². The fraction of sp³-hybridized carbons (Fsp3) is 0.565. The van der Waals surface area contributed by atoms with E-state index in [1.165, 1.54) is 24.8 Å². The van der Waals surface area contributed by atoms with Crippen LogP contribution in [0.4, 0.5) is 0 Å². The average molecular weight is 382 g/mol. The lowest BCUT2D eigenvalue weighted by Gasteiger charge is -2.34. The molecule has 152 valence electrons. The summed E-state index contributed by atoms with van der Waals surface area (Å²) in [5, 5.41) is 3.49. The van der Waals surface area contributed by atoms with Crippen molar-refractivity contribution in [2.75, 3.05) is 26.2 Å². The van der Waals surface area contributed by atoms with Crippen LogP contribution in [0.15, 0.2) is 47.7 Å². The summed E-state index contributed by atoms with van der Waals surface area (Å²) < 4.78 is 2.21. The van der Waals surface area contributed by atoms with Gasteiger partial charge in [0.1, 0.15) is 5.82 Å². The van der Waals surface area contributed by atoms with Gasteiger partial charge in [-0.05, 0) is 57.4 Å². The van der Waals surface area contributed by atoms with Gasteiger partial charge in [-0.25, -0.2) is 4.98 Å². The number of hydrogen-bond acceptors (Lipinski definition) is 2. The normalized spacial score (nSPS) is 15.8. The quantitative estimate of drug-likeness (QED) is 0.429. The summed E-state index contributed by atoms with van der Waals surface area (Å²) in [4.78, 5) is 11.6. The molecule has 0 saturated carbocycles. The van der Waals surface area contributed by atoms with Crippen LogP contribution >= 0.6 is 0 Å². The van der Waals surface area contributed by atoms with Gasteiger partial charge in [0.05, 0.1) is 0 Å². The first-order chi connectivity index (χ1) is 13.8. The predicted octanol–water partition coefficient (Wildman–Crippen LogP) is 3.89. The van der Waals surface area contributed by atoms with E-state index in [4.69, 9.17) is 4.99 Å². The van der Waals surface area contributed by atoms with Crippen molar-refractivity contribution in [2.45, 2.75) is 52.5 Å². The van der Waals surface area contributed by atoms with Gasteiger partial charge < -0.3 is 14.8 Å². The van der Waals surface area contributed by atoms with E-state index in [0.29, 0.717) is 0 Å². The number of piperidine rings is 1. The van der Waals surface area contributed by atoms with Crippen LogP contribution in [-0.4, -0.2) is 46.6 Å². The molecule has 0 spiro atoms. The molecule has 1 aromatic heterocycles. The molecule has 1 aliphatic rings. The summed E-state index contributed by atoms with van der Waals surface area (Å²) in [6.07, 6.45) is 9.88. The summed E-state index contributed by atoms with van der Waals surface area (Å²) in [5.41, 5.74) is 1.47. The highest BCUT2D eigenvalue weighted by Crippen LogP contribution is 2.21. The third-order valence-electron chi connectivity index (χ3n) is 5.61. The van der Waals surface area contributed by atoms with Gasteiger partial charge in [0, 0.05) is 45.1 Å². The van der Waals surface area contributed by atoms with Gasteiger partial charge in [-0.1, -0.05) is 30.3 Å². The second-order valence-electron chi connectivity index (χ2n) is 7.73. The second kappa shape index (κ2) is 10.9. The standard InChI is InChI=1S/C23H35N5/c1-3-24-23(26-13-7-8-15-27-18-14-25-20(27)2)28-16-11-22(12-17-28)19-21-9-5-4-6-10-21/h4-6,9-10,14,18,22H,3,7-8,11-13,15-17,19H2,1-2H3,(H,24,26). The van der Waals surface area contributed by atoms with Crippen LogP contribution in [0.5, 0.6) is 0 Å². The highest BCUT2D eigenvalue weighted by Gasteiger charge is 2.21. The molecule has 0 aliphatic carbocycles. The minimum atomic E-state index is 0.792. The maximum absolute atomic E-state index is 4.89. The Labute approximate surface area is 169 Å². The van der Waals surface area contributed by atoms with Crippen LogP contribution in [-0.2, 0) is 13.0 Å². The van der Waals surface area contributed by atoms with E-state index in [-0.39, 0.29) is 0 Å².